The number of hydrogen-bond donors (Lipinski definition) is 1. The molecule has 34 heavy (non-hydrogen) atoms. The fourth-order valence-corrected chi connectivity index (χ4v) is 4.87. The Balaban J connectivity index is 1.30. The van der Waals surface area contributed by atoms with Crippen molar-refractivity contribution >= 4 is 44.5 Å². The van der Waals surface area contributed by atoms with E-state index in [0.717, 1.165) is 10.3 Å². The number of benzene rings is 2. The minimum Gasteiger partial charge on any atom is -0.408 e. The third kappa shape index (κ3) is 3.48. The molecule has 170 valence electrons. The number of carbonyl (C=O) groups excluding carboxylic acids is 2. The zero-order valence-corrected chi connectivity index (χ0v) is 18.1. The van der Waals surface area contributed by atoms with Gasteiger partial charge in [-0.1, -0.05) is 11.2 Å². The molecule has 4 heterocycles. The highest BCUT2D eigenvalue weighted by atomic mass is 32.1. The Morgan fingerprint density at radius 3 is 2.88 bits per heavy atom. The number of carbonyl (C=O) groups is 2. The standard InChI is InChI=1S/C22H14FN5O5S/c23-11-2-5-16-12(9-11)24-21(34-16)19-26-18(33-27-19)8-10-1-4-15-14(7-10)28(22(31)32-15)13-3-6-17(29)25-20(13)30/h1-2,4-5,7,9,13H,3,6,8H2,(H,25,29,30). The van der Waals surface area contributed by atoms with Gasteiger partial charge in [0.15, 0.2) is 10.6 Å². The molecule has 1 aliphatic rings. The van der Waals surface area contributed by atoms with Crippen LogP contribution in [0.3, 0.4) is 0 Å². The number of thiazole rings is 1. The van der Waals surface area contributed by atoms with E-state index in [4.69, 9.17) is 8.94 Å². The molecule has 1 atom stereocenters. The first kappa shape index (κ1) is 20.4. The second-order valence-corrected chi connectivity index (χ2v) is 8.86. The van der Waals surface area contributed by atoms with Crippen LogP contribution in [0.1, 0.15) is 30.3 Å². The van der Waals surface area contributed by atoms with Gasteiger partial charge in [-0.05, 0) is 36.2 Å². The monoisotopic (exact) mass is 479 g/mol. The van der Waals surface area contributed by atoms with E-state index in [0.29, 0.717) is 33.3 Å². The highest BCUT2D eigenvalue weighted by Gasteiger charge is 2.31. The van der Waals surface area contributed by atoms with Crippen LogP contribution in [-0.4, -0.2) is 31.5 Å². The Kier molecular flexibility index (Phi) is 4.62. The first-order chi connectivity index (χ1) is 16.4. The minimum atomic E-state index is -0.833. The normalized spacial score (nSPS) is 16.4. The maximum atomic E-state index is 13.4. The van der Waals surface area contributed by atoms with Crippen molar-refractivity contribution in [3.8, 4) is 10.8 Å². The summed E-state index contributed by atoms with van der Waals surface area (Å²) >= 11 is 1.33. The van der Waals surface area contributed by atoms with Crippen LogP contribution in [0.2, 0.25) is 0 Å². The number of fused-ring (bicyclic) bond motifs is 2. The molecule has 0 aliphatic carbocycles. The van der Waals surface area contributed by atoms with Crippen molar-refractivity contribution in [2.75, 3.05) is 0 Å². The molecule has 10 nitrogen and oxygen atoms in total. The molecule has 12 heteroatoms. The number of oxazole rings is 1. The molecule has 0 bridgehead atoms. The third-order valence-corrected chi connectivity index (χ3v) is 6.60. The summed E-state index contributed by atoms with van der Waals surface area (Å²) in [6, 6.07) is 8.63. The lowest BCUT2D eigenvalue weighted by Crippen LogP contribution is -2.43. The predicted octanol–water partition coefficient (Wildman–Crippen LogP) is 2.96. The first-order valence-electron chi connectivity index (χ1n) is 10.3. The molecule has 1 fully saturated rings. The summed E-state index contributed by atoms with van der Waals surface area (Å²) in [6.07, 6.45) is 0.609. The van der Waals surface area contributed by atoms with Crippen molar-refractivity contribution in [3.05, 3.63) is 64.2 Å². The quantitative estimate of drug-likeness (QED) is 0.389. The van der Waals surface area contributed by atoms with Crippen molar-refractivity contribution in [3.63, 3.8) is 0 Å². The van der Waals surface area contributed by atoms with E-state index in [1.54, 1.807) is 24.3 Å². The van der Waals surface area contributed by atoms with Gasteiger partial charge in [-0.15, -0.1) is 11.3 Å². The van der Waals surface area contributed by atoms with Crippen LogP contribution in [0.25, 0.3) is 32.1 Å². The van der Waals surface area contributed by atoms with Crippen LogP contribution < -0.4 is 11.1 Å². The van der Waals surface area contributed by atoms with E-state index in [-0.39, 0.29) is 31.0 Å². The van der Waals surface area contributed by atoms with E-state index >= 15 is 0 Å². The molecule has 0 spiro atoms. The molecule has 6 rings (SSSR count). The van der Waals surface area contributed by atoms with E-state index in [1.807, 2.05) is 0 Å². The van der Waals surface area contributed by atoms with Crippen molar-refractivity contribution in [1.29, 1.82) is 0 Å². The molecular formula is C22H14FN5O5S. The molecular weight excluding hydrogens is 465 g/mol. The zero-order valence-electron chi connectivity index (χ0n) is 17.3. The van der Waals surface area contributed by atoms with E-state index < -0.39 is 17.7 Å². The largest absolute Gasteiger partial charge is 0.420 e. The molecule has 2 aromatic carbocycles. The van der Waals surface area contributed by atoms with Gasteiger partial charge in [0.25, 0.3) is 0 Å². The van der Waals surface area contributed by atoms with E-state index in [1.165, 1.54) is 28.0 Å². The third-order valence-electron chi connectivity index (χ3n) is 5.56. The smallest absolute Gasteiger partial charge is 0.408 e. The number of hydrogen-bond acceptors (Lipinski definition) is 9. The van der Waals surface area contributed by atoms with Gasteiger partial charge in [0.05, 0.1) is 22.2 Å². The highest BCUT2D eigenvalue weighted by Crippen LogP contribution is 2.29. The van der Waals surface area contributed by atoms with Gasteiger partial charge in [0.2, 0.25) is 23.5 Å². The fraction of sp³-hybridized carbons (Fsp3) is 0.182. The lowest BCUT2D eigenvalue weighted by atomic mass is 10.1. The summed E-state index contributed by atoms with van der Waals surface area (Å²) < 4.78 is 26.2. The van der Waals surface area contributed by atoms with Crippen LogP contribution in [0, 0.1) is 5.82 Å². The van der Waals surface area contributed by atoms with Gasteiger partial charge in [0, 0.05) is 12.5 Å². The van der Waals surface area contributed by atoms with Crippen molar-refractivity contribution in [2.24, 2.45) is 0 Å². The lowest BCUT2D eigenvalue weighted by molar-refractivity contribution is -0.135. The van der Waals surface area contributed by atoms with Gasteiger partial charge < -0.3 is 8.94 Å². The fourth-order valence-electron chi connectivity index (χ4n) is 4.00. The van der Waals surface area contributed by atoms with Gasteiger partial charge >= 0.3 is 5.76 Å². The molecule has 3 aromatic heterocycles. The van der Waals surface area contributed by atoms with Crippen LogP contribution in [0.5, 0.6) is 0 Å². The Labute approximate surface area is 193 Å². The Hall–Kier alpha value is -4.19. The average molecular weight is 479 g/mol. The summed E-state index contributed by atoms with van der Waals surface area (Å²) in [5, 5.41) is 6.75. The number of amides is 2. The van der Waals surface area contributed by atoms with Gasteiger partial charge in [-0.3, -0.25) is 19.5 Å². The molecule has 5 aromatic rings. The molecule has 1 aliphatic heterocycles. The summed E-state index contributed by atoms with van der Waals surface area (Å²) in [5.41, 5.74) is 2.02. The molecule has 0 radical (unpaired) electrons. The summed E-state index contributed by atoms with van der Waals surface area (Å²) in [4.78, 5) is 45.0. The number of piperidine rings is 1. The SMILES string of the molecule is O=C1CCC(n2c(=O)oc3ccc(Cc4nc(-c5nc6cc(F)ccc6s5)no4)cc32)C(=O)N1. The van der Waals surface area contributed by atoms with Gasteiger partial charge in [-0.25, -0.2) is 14.2 Å². The second-order valence-electron chi connectivity index (χ2n) is 7.83. The van der Waals surface area contributed by atoms with Crippen molar-refractivity contribution < 1.29 is 22.9 Å². The molecule has 2 amide bonds. The number of rotatable bonds is 4. The van der Waals surface area contributed by atoms with Crippen molar-refractivity contribution in [2.45, 2.75) is 25.3 Å². The zero-order chi connectivity index (χ0) is 23.4. The second kappa shape index (κ2) is 7.70. The summed E-state index contributed by atoms with van der Waals surface area (Å²) in [7, 11) is 0. The summed E-state index contributed by atoms with van der Waals surface area (Å²) in [6.45, 7) is 0. The van der Waals surface area contributed by atoms with Crippen molar-refractivity contribution in [1.82, 2.24) is 25.0 Å². The molecule has 0 saturated carbocycles. The van der Waals surface area contributed by atoms with Gasteiger partial charge in [0.1, 0.15) is 11.9 Å². The Morgan fingerprint density at radius 1 is 1.15 bits per heavy atom. The highest BCUT2D eigenvalue weighted by molar-refractivity contribution is 7.21. The Bertz CT molecular complexity index is 1670. The Morgan fingerprint density at radius 2 is 2.03 bits per heavy atom. The topological polar surface area (TPSA) is 133 Å². The number of halogens is 1. The first-order valence-corrected chi connectivity index (χ1v) is 11.1. The number of imide groups is 1. The number of nitrogens with zero attached hydrogens (tertiary/aromatic N) is 4. The number of nitrogens with one attached hydrogen (secondary N) is 1. The van der Waals surface area contributed by atoms with Crippen LogP contribution in [0.4, 0.5) is 4.39 Å². The maximum Gasteiger partial charge on any atom is 0.420 e. The van der Waals surface area contributed by atoms with Gasteiger partial charge in [-0.2, -0.15) is 4.98 Å². The molecule has 1 N–H and O–H groups in total. The van der Waals surface area contributed by atoms with E-state index in [9.17, 15) is 18.8 Å². The van der Waals surface area contributed by atoms with Crippen LogP contribution in [0.15, 0.2) is 50.1 Å². The lowest BCUT2D eigenvalue weighted by Gasteiger charge is -2.21. The summed E-state index contributed by atoms with van der Waals surface area (Å²) in [5.74, 6) is -1.34. The maximum absolute atomic E-state index is 13.4. The average Bonchev–Trinajstić information content (AvgIpc) is 3.50. The molecule has 1 saturated heterocycles. The van der Waals surface area contributed by atoms with Crippen LogP contribution >= 0.6 is 11.3 Å². The minimum absolute atomic E-state index is 0.137. The predicted molar refractivity (Wildman–Crippen MR) is 118 cm³/mol. The van der Waals surface area contributed by atoms with E-state index in [2.05, 4.69) is 20.4 Å². The van der Waals surface area contributed by atoms with Crippen LogP contribution in [-0.2, 0) is 16.0 Å². The molecule has 1 unspecified atom stereocenters. The number of aromatic nitrogens is 4.